The molecule has 0 aromatic carbocycles. The van der Waals surface area contributed by atoms with E-state index in [0.717, 1.165) is 6.42 Å². The number of hydrogen-bond acceptors (Lipinski definition) is 4. The second-order valence-electron chi connectivity index (χ2n) is 4.85. The fourth-order valence-electron chi connectivity index (χ4n) is 1.83. The Kier molecular flexibility index (Phi) is 6.27. The largest absolute Gasteiger partial charge is 0.481 e. The number of amides is 2. The zero-order valence-electron chi connectivity index (χ0n) is 11.1. The number of piperazine rings is 1. The molecule has 0 aromatic heterocycles. The van der Waals surface area contributed by atoms with Crippen molar-refractivity contribution in [2.45, 2.75) is 32.2 Å². The lowest BCUT2D eigenvalue weighted by Crippen LogP contribution is -2.58. The van der Waals surface area contributed by atoms with Crippen LogP contribution in [0, 0.1) is 5.92 Å². The Morgan fingerprint density at radius 3 is 2.79 bits per heavy atom. The molecular weight excluding hydrogens is 250 g/mol. The Morgan fingerprint density at radius 1 is 1.47 bits per heavy atom. The van der Waals surface area contributed by atoms with Crippen LogP contribution in [0.2, 0.25) is 0 Å². The van der Waals surface area contributed by atoms with Gasteiger partial charge in [-0.05, 0) is 18.8 Å². The van der Waals surface area contributed by atoms with Crippen LogP contribution in [0.15, 0.2) is 0 Å². The van der Waals surface area contributed by atoms with Crippen molar-refractivity contribution in [1.82, 2.24) is 16.0 Å². The zero-order chi connectivity index (χ0) is 14.3. The molecule has 1 rings (SSSR count). The van der Waals surface area contributed by atoms with Gasteiger partial charge in [0.05, 0.1) is 6.54 Å². The van der Waals surface area contributed by atoms with E-state index in [9.17, 15) is 14.4 Å². The van der Waals surface area contributed by atoms with E-state index in [1.807, 2.05) is 6.92 Å². The van der Waals surface area contributed by atoms with Gasteiger partial charge in [0.1, 0.15) is 6.04 Å². The van der Waals surface area contributed by atoms with Crippen LogP contribution in [0.1, 0.15) is 26.2 Å². The van der Waals surface area contributed by atoms with Crippen LogP contribution in [0.3, 0.4) is 0 Å². The Balaban J connectivity index is 2.13. The van der Waals surface area contributed by atoms with Gasteiger partial charge in [0.2, 0.25) is 11.8 Å². The van der Waals surface area contributed by atoms with E-state index in [1.165, 1.54) is 0 Å². The van der Waals surface area contributed by atoms with E-state index in [4.69, 9.17) is 5.11 Å². The third-order valence-corrected chi connectivity index (χ3v) is 3.12. The third-order valence-electron chi connectivity index (χ3n) is 3.12. The van der Waals surface area contributed by atoms with E-state index in [0.29, 0.717) is 19.5 Å². The molecular formula is C12H21N3O4. The predicted molar refractivity (Wildman–Crippen MR) is 68.5 cm³/mol. The van der Waals surface area contributed by atoms with Crippen LogP contribution >= 0.6 is 0 Å². The number of rotatable bonds is 7. The van der Waals surface area contributed by atoms with Gasteiger partial charge in [-0.25, -0.2) is 0 Å². The minimum Gasteiger partial charge on any atom is -0.481 e. The number of carboxylic acid groups (broad SMARTS) is 1. The first-order valence-electron chi connectivity index (χ1n) is 6.48. The third kappa shape index (κ3) is 6.19. The van der Waals surface area contributed by atoms with Gasteiger partial charge in [-0.2, -0.15) is 0 Å². The number of carbonyl (C=O) groups excluding carboxylic acids is 2. The molecule has 2 unspecified atom stereocenters. The number of aliphatic carboxylic acids is 1. The second-order valence-corrected chi connectivity index (χ2v) is 4.85. The summed E-state index contributed by atoms with van der Waals surface area (Å²) in [4.78, 5) is 33.0. The first-order chi connectivity index (χ1) is 8.99. The molecule has 1 heterocycles. The van der Waals surface area contributed by atoms with Gasteiger partial charge in [0.25, 0.3) is 0 Å². The van der Waals surface area contributed by atoms with Crippen LogP contribution < -0.4 is 16.0 Å². The zero-order valence-corrected chi connectivity index (χ0v) is 11.1. The molecule has 0 radical (unpaired) electrons. The summed E-state index contributed by atoms with van der Waals surface area (Å²) in [5.41, 5.74) is 0. The van der Waals surface area contributed by atoms with Gasteiger partial charge < -0.3 is 15.7 Å². The molecule has 0 spiro atoms. The quantitative estimate of drug-likeness (QED) is 0.479. The molecule has 1 aliphatic heterocycles. The van der Waals surface area contributed by atoms with Gasteiger partial charge in [-0.15, -0.1) is 0 Å². The maximum atomic E-state index is 11.7. The summed E-state index contributed by atoms with van der Waals surface area (Å²) < 4.78 is 0. The van der Waals surface area contributed by atoms with Gasteiger partial charge >= 0.3 is 5.97 Å². The van der Waals surface area contributed by atoms with Crippen molar-refractivity contribution in [3.8, 4) is 0 Å². The van der Waals surface area contributed by atoms with E-state index >= 15 is 0 Å². The van der Waals surface area contributed by atoms with Crippen LogP contribution in [0.25, 0.3) is 0 Å². The normalized spacial score (nSPS) is 20.5. The molecule has 1 fully saturated rings. The number of carboxylic acids is 1. The fraction of sp³-hybridized carbons (Fsp3) is 0.750. The van der Waals surface area contributed by atoms with Gasteiger partial charge in [-0.1, -0.05) is 6.92 Å². The average Bonchev–Trinajstić information content (AvgIpc) is 2.37. The number of hydrogen-bond donors (Lipinski definition) is 4. The molecule has 2 amide bonds. The van der Waals surface area contributed by atoms with E-state index < -0.39 is 5.97 Å². The van der Waals surface area contributed by atoms with Crippen molar-refractivity contribution in [2.24, 2.45) is 5.92 Å². The molecule has 7 nitrogen and oxygen atoms in total. The summed E-state index contributed by atoms with van der Waals surface area (Å²) in [5.74, 6) is -0.773. The Labute approximate surface area is 112 Å². The van der Waals surface area contributed by atoms with Crippen LogP contribution in [-0.4, -0.2) is 48.6 Å². The molecule has 7 heteroatoms. The van der Waals surface area contributed by atoms with E-state index in [-0.39, 0.29) is 36.7 Å². The van der Waals surface area contributed by atoms with Gasteiger partial charge in [0.15, 0.2) is 0 Å². The molecule has 0 aliphatic carbocycles. The van der Waals surface area contributed by atoms with Crippen molar-refractivity contribution in [3.05, 3.63) is 0 Å². The lowest BCUT2D eigenvalue weighted by molar-refractivity contribution is -0.137. The Morgan fingerprint density at radius 2 is 2.21 bits per heavy atom. The number of carbonyl (C=O) groups is 3. The molecule has 108 valence electrons. The average molecular weight is 271 g/mol. The molecule has 19 heavy (non-hydrogen) atoms. The summed E-state index contributed by atoms with van der Waals surface area (Å²) in [6, 6.07) is -0.382. The minimum atomic E-state index is -0.793. The highest BCUT2D eigenvalue weighted by Gasteiger charge is 2.23. The first-order valence-corrected chi connectivity index (χ1v) is 6.48. The highest BCUT2D eigenvalue weighted by atomic mass is 16.4. The minimum absolute atomic E-state index is 0.105. The van der Waals surface area contributed by atoms with E-state index in [1.54, 1.807) is 0 Å². The van der Waals surface area contributed by atoms with Crippen molar-refractivity contribution in [2.75, 3.05) is 19.6 Å². The summed E-state index contributed by atoms with van der Waals surface area (Å²) in [7, 11) is 0. The van der Waals surface area contributed by atoms with E-state index in [2.05, 4.69) is 16.0 Å². The molecule has 1 saturated heterocycles. The van der Waals surface area contributed by atoms with Gasteiger partial charge in [-0.3, -0.25) is 19.7 Å². The highest BCUT2D eigenvalue weighted by molar-refractivity contribution is 5.86. The molecule has 0 bridgehead atoms. The molecule has 4 N–H and O–H groups in total. The van der Waals surface area contributed by atoms with Gasteiger partial charge in [0, 0.05) is 19.5 Å². The standard InChI is InChI=1S/C12H21N3O4/c1-8(2-3-11(17)18)4-5-13-12(19)9-6-15-10(16)7-14-9/h8-9,14H,2-7H2,1H3,(H,13,19)(H,15,16)(H,17,18). The van der Waals surface area contributed by atoms with Crippen molar-refractivity contribution < 1.29 is 19.5 Å². The fourth-order valence-corrected chi connectivity index (χ4v) is 1.83. The summed E-state index contributed by atoms with van der Waals surface area (Å²) in [5, 5.41) is 16.8. The summed E-state index contributed by atoms with van der Waals surface area (Å²) in [6.45, 7) is 2.95. The Hall–Kier alpha value is -1.63. The molecule has 2 atom stereocenters. The van der Waals surface area contributed by atoms with Crippen molar-refractivity contribution in [1.29, 1.82) is 0 Å². The highest BCUT2D eigenvalue weighted by Crippen LogP contribution is 2.09. The number of nitrogens with one attached hydrogen (secondary N) is 3. The lowest BCUT2D eigenvalue weighted by Gasteiger charge is -2.23. The predicted octanol–water partition coefficient (Wildman–Crippen LogP) is -0.918. The van der Waals surface area contributed by atoms with Crippen LogP contribution in [0.5, 0.6) is 0 Å². The van der Waals surface area contributed by atoms with Crippen molar-refractivity contribution in [3.63, 3.8) is 0 Å². The maximum Gasteiger partial charge on any atom is 0.303 e. The monoisotopic (exact) mass is 271 g/mol. The summed E-state index contributed by atoms with van der Waals surface area (Å²) in [6.07, 6.45) is 1.52. The lowest BCUT2D eigenvalue weighted by atomic mass is 10.0. The molecule has 0 saturated carbocycles. The smallest absolute Gasteiger partial charge is 0.303 e. The topological polar surface area (TPSA) is 108 Å². The van der Waals surface area contributed by atoms with Crippen LogP contribution in [0.4, 0.5) is 0 Å². The molecule has 0 aromatic rings. The first kappa shape index (κ1) is 15.4. The molecule has 1 aliphatic rings. The summed E-state index contributed by atoms with van der Waals surface area (Å²) >= 11 is 0. The van der Waals surface area contributed by atoms with Crippen LogP contribution in [-0.2, 0) is 14.4 Å². The Bertz CT molecular complexity index is 336. The van der Waals surface area contributed by atoms with Crippen molar-refractivity contribution >= 4 is 17.8 Å². The second kappa shape index (κ2) is 7.73. The maximum absolute atomic E-state index is 11.7. The SMILES string of the molecule is CC(CCNC(=O)C1CNC(=O)CN1)CCC(=O)O.